The van der Waals surface area contributed by atoms with Crippen molar-refractivity contribution >= 4 is 29.1 Å². The lowest BCUT2D eigenvalue weighted by molar-refractivity contribution is -0.141. The maximum absolute atomic E-state index is 12.8. The number of carbonyl (C=O) groups is 2. The van der Waals surface area contributed by atoms with Crippen LogP contribution in [0.3, 0.4) is 0 Å². The molecular formula is C13H14ClF3N6O2. The average molecular weight is 379 g/mol. The maximum atomic E-state index is 12.8. The quantitative estimate of drug-likeness (QED) is 0.827. The first kappa shape index (κ1) is 18.8. The molecule has 0 atom stereocenters. The molecule has 0 fully saturated rings. The van der Waals surface area contributed by atoms with Gasteiger partial charge in [-0.15, -0.1) is 0 Å². The summed E-state index contributed by atoms with van der Waals surface area (Å²) in [6.45, 7) is 2.97. The Balaban J connectivity index is 2.22. The minimum Gasteiger partial charge on any atom is -0.364 e. The Hall–Kier alpha value is -2.56. The van der Waals surface area contributed by atoms with Crippen LogP contribution in [0, 0.1) is 6.92 Å². The smallest absolute Gasteiger partial charge is 0.364 e. The van der Waals surface area contributed by atoms with Crippen molar-refractivity contribution in [2.75, 3.05) is 5.32 Å². The van der Waals surface area contributed by atoms with Gasteiger partial charge >= 0.3 is 6.18 Å². The van der Waals surface area contributed by atoms with Crippen molar-refractivity contribution < 1.29 is 22.8 Å². The number of anilines is 1. The second kappa shape index (κ2) is 6.75. The molecule has 2 amide bonds. The van der Waals surface area contributed by atoms with E-state index < -0.39 is 35.3 Å². The molecule has 0 spiro atoms. The SMILES string of the molecule is CCn1cc(NC(=O)Cn2nc(C(F)(F)F)c(Cl)c2C)c(C(N)=O)n1. The molecule has 0 bridgehead atoms. The Morgan fingerprint density at radius 1 is 1.36 bits per heavy atom. The lowest BCUT2D eigenvalue weighted by Gasteiger charge is -2.06. The van der Waals surface area contributed by atoms with Crippen molar-refractivity contribution in [1.29, 1.82) is 0 Å². The fourth-order valence-electron chi connectivity index (χ4n) is 2.04. The molecule has 0 aliphatic heterocycles. The standard InChI is InChI=1S/C13H14ClF3N6O2/c1-3-22-4-7(10(20-22)12(18)25)19-8(24)5-23-6(2)9(14)11(21-23)13(15,16)17/h4H,3,5H2,1-2H3,(H2,18,25)(H,19,24). The normalized spacial score (nSPS) is 11.6. The van der Waals surface area contributed by atoms with E-state index in [1.165, 1.54) is 17.8 Å². The first-order valence-electron chi connectivity index (χ1n) is 7.01. The van der Waals surface area contributed by atoms with Crippen LogP contribution in [0.2, 0.25) is 5.02 Å². The number of nitrogens with two attached hydrogens (primary N) is 1. The van der Waals surface area contributed by atoms with E-state index >= 15 is 0 Å². The molecule has 2 heterocycles. The highest BCUT2D eigenvalue weighted by Gasteiger charge is 2.38. The Labute approximate surface area is 144 Å². The Morgan fingerprint density at radius 2 is 2.00 bits per heavy atom. The van der Waals surface area contributed by atoms with Crippen molar-refractivity contribution in [2.24, 2.45) is 5.73 Å². The third-order valence-corrected chi connectivity index (χ3v) is 3.74. The van der Waals surface area contributed by atoms with E-state index in [4.69, 9.17) is 17.3 Å². The third kappa shape index (κ3) is 3.92. The number of carbonyl (C=O) groups excluding carboxylic acids is 2. The fourth-order valence-corrected chi connectivity index (χ4v) is 2.28. The van der Waals surface area contributed by atoms with E-state index in [-0.39, 0.29) is 17.1 Å². The number of hydrogen-bond donors (Lipinski definition) is 2. The monoisotopic (exact) mass is 378 g/mol. The van der Waals surface area contributed by atoms with Gasteiger partial charge in [-0.1, -0.05) is 11.6 Å². The molecule has 2 aromatic heterocycles. The predicted octanol–water partition coefficient (Wildman–Crippen LogP) is 1.82. The van der Waals surface area contributed by atoms with Crippen molar-refractivity contribution in [2.45, 2.75) is 33.1 Å². The van der Waals surface area contributed by atoms with E-state index in [2.05, 4.69) is 15.5 Å². The number of halogens is 4. The summed E-state index contributed by atoms with van der Waals surface area (Å²) in [7, 11) is 0. The molecule has 2 rings (SSSR count). The van der Waals surface area contributed by atoms with E-state index in [9.17, 15) is 22.8 Å². The van der Waals surface area contributed by atoms with Crippen LogP contribution in [0.5, 0.6) is 0 Å². The zero-order valence-electron chi connectivity index (χ0n) is 13.2. The fraction of sp³-hybridized carbons (Fsp3) is 0.385. The van der Waals surface area contributed by atoms with Gasteiger partial charge < -0.3 is 11.1 Å². The second-order valence-electron chi connectivity index (χ2n) is 5.06. The van der Waals surface area contributed by atoms with Crippen LogP contribution in [-0.2, 0) is 24.1 Å². The van der Waals surface area contributed by atoms with Gasteiger partial charge in [0.25, 0.3) is 5.91 Å². The number of nitrogens with zero attached hydrogens (tertiary/aromatic N) is 4. The lowest BCUT2D eigenvalue weighted by atomic mass is 10.3. The highest BCUT2D eigenvalue weighted by molar-refractivity contribution is 6.32. The topological polar surface area (TPSA) is 108 Å². The van der Waals surface area contributed by atoms with Crippen LogP contribution in [0.25, 0.3) is 0 Å². The number of aryl methyl sites for hydroxylation is 1. The molecule has 3 N–H and O–H groups in total. The van der Waals surface area contributed by atoms with Gasteiger partial charge in [0.2, 0.25) is 5.91 Å². The number of rotatable bonds is 5. The van der Waals surface area contributed by atoms with Crippen molar-refractivity contribution in [3.8, 4) is 0 Å². The van der Waals surface area contributed by atoms with Crippen molar-refractivity contribution in [3.05, 3.63) is 28.3 Å². The lowest BCUT2D eigenvalue weighted by Crippen LogP contribution is -2.22. The molecule has 0 saturated carbocycles. The first-order chi connectivity index (χ1) is 11.5. The predicted molar refractivity (Wildman–Crippen MR) is 82.0 cm³/mol. The summed E-state index contributed by atoms with van der Waals surface area (Å²) < 4.78 is 40.6. The number of amides is 2. The molecule has 2 aromatic rings. The molecule has 0 aromatic carbocycles. The van der Waals surface area contributed by atoms with Gasteiger partial charge in [0.1, 0.15) is 6.54 Å². The third-order valence-electron chi connectivity index (χ3n) is 3.29. The van der Waals surface area contributed by atoms with Crippen molar-refractivity contribution in [1.82, 2.24) is 19.6 Å². The molecule has 0 unspecified atom stereocenters. The molecule has 0 saturated heterocycles. The van der Waals surface area contributed by atoms with Gasteiger partial charge in [0.05, 0.1) is 16.4 Å². The summed E-state index contributed by atoms with van der Waals surface area (Å²) in [5, 5.41) is 9.03. The summed E-state index contributed by atoms with van der Waals surface area (Å²) in [5.74, 6) is -1.56. The summed E-state index contributed by atoms with van der Waals surface area (Å²) >= 11 is 5.62. The van der Waals surface area contributed by atoms with Gasteiger partial charge in [0, 0.05) is 12.7 Å². The summed E-state index contributed by atoms with van der Waals surface area (Å²) in [6, 6.07) is 0. The minimum atomic E-state index is -4.73. The first-order valence-corrected chi connectivity index (χ1v) is 7.39. The van der Waals surface area contributed by atoms with E-state index in [1.807, 2.05) is 0 Å². The zero-order valence-corrected chi connectivity index (χ0v) is 13.9. The Bertz CT molecular complexity index is 827. The summed E-state index contributed by atoms with van der Waals surface area (Å²) in [4.78, 5) is 23.4. The summed E-state index contributed by atoms with van der Waals surface area (Å²) in [5.41, 5.74) is 3.81. The molecule has 136 valence electrons. The molecule has 8 nitrogen and oxygen atoms in total. The van der Waals surface area contributed by atoms with Crippen LogP contribution in [0.15, 0.2) is 6.20 Å². The van der Waals surface area contributed by atoms with Gasteiger partial charge in [0.15, 0.2) is 11.4 Å². The molecule has 0 radical (unpaired) electrons. The summed E-state index contributed by atoms with van der Waals surface area (Å²) in [6.07, 6.45) is -3.34. The van der Waals surface area contributed by atoms with E-state index in [0.717, 1.165) is 4.68 Å². The maximum Gasteiger partial charge on any atom is 0.436 e. The van der Waals surface area contributed by atoms with Crippen LogP contribution in [0.4, 0.5) is 18.9 Å². The van der Waals surface area contributed by atoms with Gasteiger partial charge in [-0.3, -0.25) is 19.0 Å². The molecule has 0 aliphatic carbocycles. The van der Waals surface area contributed by atoms with Gasteiger partial charge in [-0.2, -0.15) is 23.4 Å². The number of hydrogen-bond acceptors (Lipinski definition) is 4. The van der Waals surface area contributed by atoms with Crippen molar-refractivity contribution in [3.63, 3.8) is 0 Å². The van der Waals surface area contributed by atoms with Crippen LogP contribution < -0.4 is 11.1 Å². The van der Waals surface area contributed by atoms with Crippen LogP contribution in [0.1, 0.15) is 28.8 Å². The Morgan fingerprint density at radius 3 is 2.48 bits per heavy atom. The minimum absolute atomic E-state index is 0.0106. The largest absolute Gasteiger partial charge is 0.436 e. The van der Waals surface area contributed by atoms with Gasteiger partial charge in [-0.25, -0.2) is 0 Å². The molecular weight excluding hydrogens is 365 g/mol. The highest BCUT2D eigenvalue weighted by Crippen LogP contribution is 2.35. The average Bonchev–Trinajstić information content (AvgIpc) is 3.03. The van der Waals surface area contributed by atoms with Crippen LogP contribution >= 0.6 is 11.6 Å². The number of aromatic nitrogens is 4. The molecule has 12 heteroatoms. The number of alkyl halides is 3. The van der Waals surface area contributed by atoms with E-state index in [0.29, 0.717) is 6.54 Å². The zero-order chi connectivity index (χ0) is 18.9. The molecule has 25 heavy (non-hydrogen) atoms. The highest BCUT2D eigenvalue weighted by atomic mass is 35.5. The molecule has 0 aliphatic rings. The number of nitrogens with one attached hydrogen (secondary N) is 1. The number of primary amides is 1. The second-order valence-corrected chi connectivity index (χ2v) is 5.44. The van der Waals surface area contributed by atoms with Gasteiger partial charge in [-0.05, 0) is 13.8 Å². The Kier molecular flexibility index (Phi) is 5.07. The van der Waals surface area contributed by atoms with Crippen LogP contribution in [-0.4, -0.2) is 31.4 Å². The van der Waals surface area contributed by atoms with E-state index in [1.54, 1.807) is 6.92 Å².